The molecule has 4 aromatic rings. The fourth-order valence-electron chi connectivity index (χ4n) is 6.78. The number of anilines is 1. The van der Waals surface area contributed by atoms with Gasteiger partial charge in [-0.25, -0.2) is 4.79 Å². The maximum Gasteiger partial charge on any atom is 0.404 e. The average molecular weight is 815 g/mol. The molecular formula is C42H54N8O9. The van der Waals surface area contributed by atoms with E-state index < -0.39 is 12.1 Å². The van der Waals surface area contributed by atoms with Gasteiger partial charge in [0, 0.05) is 49.4 Å². The molecule has 0 unspecified atom stereocenters. The van der Waals surface area contributed by atoms with Crippen molar-refractivity contribution in [2.45, 2.75) is 45.1 Å². The van der Waals surface area contributed by atoms with Crippen LogP contribution >= 0.6 is 0 Å². The lowest BCUT2D eigenvalue weighted by molar-refractivity contribution is -0.130. The highest BCUT2D eigenvalue weighted by Gasteiger charge is 2.30. The Labute approximate surface area is 343 Å². The molecular weight excluding hydrogens is 761 g/mol. The van der Waals surface area contributed by atoms with Crippen LogP contribution in [0.3, 0.4) is 0 Å². The maximum atomic E-state index is 13.8. The Balaban J connectivity index is 1.14. The third kappa shape index (κ3) is 14.5. The van der Waals surface area contributed by atoms with E-state index in [-0.39, 0.29) is 36.0 Å². The monoisotopic (exact) mass is 814 g/mol. The van der Waals surface area contributed by atoms with Gasteiger partial charge in [-0.15, -0.1) is 10.2 Å². The highest BCUT2D eigenvalue weighted by atomic mass is 16.6. The smallest absolute Gasteiger partial charge is 0.404 e. The standard InChI is InChI=1S/C42H54N8O9/c1-28-25-34(39(51)43-17-18-57-21-22-59-24-23-58-20-19-56-2)13-16-36(28)31-7-3-29(4-8-31)26-37(46-40(52)33-9-5-30(6-10-33)27-44-42(54)55)41(53)45-35-14-11-32(12-15-35)38-47-49-50-48-38/h3-4,7-8,11-16,25,30,33,37,44H,5-6,9-10,17-24,26-27H2,1-2H3,(H,43,51)(H,45,53)(H,46,52)(H,54,55)(H,47,48,49,50)/t30?,33?,37-/m0/s1. The first kappa shape index (κ1) is 44.4. The first-order valence-electron chi connectivity index (χ1n) is 19.8. The summed E-state index contributed by atoms with van der Waals surface area (Å²) >= 11 is 0. The summed E-state index contributed by atoms with van der Waals surface area (Å²) in [7, 11) is 1.62. The molecule has 0 radical (unpaired) electrons. The van der Waals surface area contributed by atoms with E-state index in [9.17, 15) is 19.2 Å². The lowest BCUT2D eigenvalue weighted by atomic mass is 9.81. The minimum Gasteiger partial charge on any atom is -0.465 e. The third-order valence-corrected chi connectivity index (χ3v) is 10.0. The van der Waals surface area contributed by atoms with Crippen LogP contribution in [0.1, 0.15) is 47.2 Å². The number of amides is 4. The van der Waals surface area contributed by atoms with Gasteiger partial charge in [-0.05, 0) is 102 Å². The Morgan fingerprint density at radius 2 is 1.47 bits per heavy atom. The number of carbonyl (C=O) groups is 4. The molecule has 1 aliphatic rings. The molecule has 0 spiro atoms. The Hall–Kier alpha value is -5.75. The largest absolute Gasteiger partial charge is 0.465 e. The Morgan fingerprint density at radius 3 is 2.10 bits per heavy atom. The molecule has 3 aromatic carbocycles. The molecule has 5 rings (SSSR count). The lowest BCUT2D eigenvalue weighted by Crippen LogP contribution is -2.48. The molecule has 0 bridgehead atoms. The normalized spacial score (nSPS) is 15.6. The number of tetrazole rings is 1. The number of rotatable bonds is 23. The second-order valence-corrected chi connectivity index (χ2v) is 14.3. The number of nitrogens with one attached hydrogen (secondary N) is 5. The van der Waals surface area contributed by atoms with Crippen molar-refractivity contribution in [2.75, 3.05) is 71.8 Å². The van der Waals surface area contributed by atoms with Crippen LogP contribution in [0.2, 0.25) is 0 Å². The van der Waals surface area contributed by atoms with Crippen LogP contribution in [-0.2, 0) is 35.0 Å². The van der Waals surface area contributed by atoms with Gasteiger partial charge in [-0.3, -0.25) is 14.4 Å². The summed E-state index contributed by atoms with van der Waals surface area (Å²) < 4.78 is 21.3. The number of H-pyrrole nitrogens is 1. The molecule has 1 atom stereocenters. The molecule has 1 aromatic heterocycles. The number of aromatic nitrogens is 4. The second-order valence-electron chi connectivity index (χ2n) is 14.3. The van der Waals surface area contributed by atoms with Crippen LogP contribution in [0.4, 0.5) is 10.5 Å². The van der Waals surface area contributed by atoms with Gasteiger partial charge in [-0.1, -0.05) is 30.3 Å². The minimum absolute atomic E-state index is 0.172. The van der Waals surface area contributed by atoms with E-state index in [1.807, 2.05) is 43.3 Å². The van der Waals surface area contributed by atoms with Gasteiger partial charge in [0.1, 0.15) is 6.04 Å². The van der Waals surface area contributed by atoms with Crippen LogP contribution in [0.25, 0.3) is 22.5 Å². The lowest BCUT2D eigenvalue weighted by Gasteiger charge is -2.29. The summed E-state index contributed by atoms with van der Waals surface area (Å²) in [4.78, 5) is 51.1. The molecule has 17 heteroatoms. The van der Waals surface area contributed by atoms with Gasteiger partial charge in [0.25, 0.3) is 5.91 Å². The predicted molar refractivity (Wildman–Crippen MR) is 219 cm³/mol. The van der Waals surface area contributed by atoms with Gasteiger partial charge >= 0.3 is 6.09 Å². The molecule has 4 amide bonds. The van der Waals surface area contributed by atoms with E-state index in [2.05, 4.69) is 41.9 Å². The SMILES string of the molecule is COCCOCCOCCOCCNC(=O)c1ccc(-c2ccc(C[C@H](NC(=O)C3CCC(CNC(=O)O)CC3)C(=O)Nc3ccc(-c4nn[nH]n4)cc3)cc2)c(C)c1. The van der Waals surface area contributed by atoms with Crippen molar-refractivity contribution >= 4 is 29.5 Å². The number of aromatic amines is 1. The maximum absolute atomic E-state index is 13.8. The van der Waals surface area contributed by atoms with Gasteiger partial charge < -0.3 is 45.3 Å². The Kier molecular flexibility index (Phi) is 17.7. The van der Waals surface area contributed by atoms with Crippen molar-refractivity contribution in [1.29, 1.82) is 0 Å². The quantitative estimate of drug-likeness (QED) is 0.0584. The number of nitrogens with zero attached hydrogens (tertiary/aromatic N) is 3. The van der Waals surface area contributed by atoms with Crippen LogP contribution in [0.15, 0.2) is 66.7 Å². The van der Waals surface area contributed by atoms with E-state index >= 15 is 0 Å². The fourth-order valence-corrected chi connectivity index (χ4v) is 6.78. The number of ether oxygens (including phenoxy) is 4. The average Bonchev–Trinajstić information content (AvgIpc) is 3.79. The topological polar surface area (TPSA) is 228 Å². The van der Waals surface area contributed by atoms with Gasteiger partial charge in [-0.2, -0.15) is 5.21 Å². The Morgan fingerprint density at radius 1 is 0.814 bits per heavy atom. The molecule has 1 heterocycles. The van der Waals surface area contributed by atoms with E-state index in [1.54, 1.807) is 37.4 Å². The number of methoxy groups -OCH3 is 1. The van der Waals surface area contributed by atoms with Gasteiger partial charge in [0.2, 0.25) is 17.6 Å². The number of aryl methyl sites for hydroxylation is 1. The Bertz CT molecular complexity index is 1920. The van der Waals surface area contributed by atoms with E-state index in [0.717, 1.165) is 27.8 Å². The van der Waals surface area contributed by atoms with Crippen molar-refractivity contribution in [3.05, 3.63) is 83.4 Å². The van der Waals surface area contributed by atoms with Crippen LogP contribution in [0, 0.1) is 18.8 Å². The third-order valence-electron chi connectivity index (χ3n) is 10.0. The van der Waals surface area contributed by atoms with Gasteiger partial charge in [0.05, 0.1) is 46.2 Å². The number of carboxylic acid groups (broad SMARTS) is 1. The van der Waals surface area contributed by atoms with Crippen LogP contribution in [0.5, 0.6) is 0 Å². The second kappa shape index (κ2) is 23.6. The molecule has 316 valence electrons. The zero-order chi connectivity index (χ0) is 41.8. The van der Waals surface area contributed by atoms with Crippen LogP contribution in [-0.4, -0.2) is 122 Å². The summed E-state index contributed by atoms with van der Waals surface area (Å²) in [5.74, 6) is -0.445. The van der Waals surface area contributed by atoms with Crippen LogP contribution < -0.4 is 21.3 Å². The number of carbonyl (C=O) groups excluding carboxylic acids is 3. The van der Waals surface area contributed by atoms with E-state index in [0.29, 0.717) is 102 Å². The number of benzene rings is 3. The van der Waals surface area contributed by atoms with Crippen molar-refractivity contribution in [1.82, 2.24) is 36.6 Å². The molecule has 1 aliphatic carbocycles. The molecule has 17 nitrogen and oxygen atoms in total. The first-order valence-corrected chi connectivity index (χ1v) is 19.8. The minimum atomic E-state index is -1.06. The predicted octanol–water partition coefficient (Wildman–Crippen LogP) is 4.01. The van der Waals surface area contributed by atoms with Crippen molar-refractivity contribution in [2.24, 2.45) is 11.8 Å². The number of hydrogen-bond donors (Lipinski definition) is 6. The highest BCUT2D eigenvalue weighted by molar-refractivity contribution is 5.98. The molecule has 6 N–H and O–H groups in total. The summed E-state index contributed by atoms with van der Waals surface area (Å²) in [5.41, 5.74) is 5.48. The summed E-state index contributed by atoms with van der Waals surface area (Å²) in [6.07, 6.45) is 1.83. The number of hydrogen-bond acceptors (Lipinski definition) is 11. The van der Waals surface area contributed by atoms with E-state index in [1.165, 1.54) is 0 Å². The fraction of sp³-hybridized carbons (Fsp3) is 0.452. The summed E-state index contributed by atoms with van der Waals surface area (Å²) in [6, 6.07) is 19.5. The zero-order valence-corrected chi connectivity index (χ0v) is 33.5. The molecule has 1 saturated carbocycles. The molecule has 1 fully saturated rings. The van der Waals surface area contributed by atoms with Crippen molar-refractivity contribution < 1.29 is 43.2 Å². The van der Waals surface area contributed by atoms with Gasteiger partial charge in [0.15, 0.2) is 0 Å². The zero-order valence-electron chi connectivity index (χ0n) is 33.5. The summed E-state index contributed by atoms with van der Waals surface area (Å²) in [6.45, 7) is 5.94. The molecule has 0 saturated heterocycles. The van der Waals surface area contributed by atoms with Crippen molar-refractivity contribution in [3.8, 4) is 22.5 Å². The molecule has 0 aliphatic heterocycles. The molecule has 59 heavy (non-hydrogen) atoms. The first-order chi connectivity index (χ1) is 28.7. The summed E-state index contributed by atoms with van der Waals surface area (Å²) in [5, 5.41) is 34.2. The highest BCUT2D eigenvalue weighted by Crippen LogP contribution is 2.29. The van der Waals surface area contributed by atoms with E-state index in [4.69, 9.17) is 24.1 Å². The van der Waals surface area contributed by atoms with Crippen molar-refractivity contribution in [3.63, 3.8) is 0 Å².